The SMILES string of the molecule is CC1(C)O[C@H]([C@@H]2CO2)[C@@H]([C@@H](CO[Si](c2ccccc2)(c2ccccc2)C(C)(C)C)OS(=O)(=O)C(F)(F)F)O1. The lowest BCUT2D eigenvalue weighted by molar-refractivity contribution is -0.156. The Morgan fingerprint density at radius 3 is 1.89 bits per heavy atom. The third-order valence-electron chi connectivity index (χ3n) is 6.67. The van der Waals surface area contributed by atoms with Crippen LogP contribution in [0.2, 0.25) is 5.04 Å². The number of epoxide rings is 1. The van der Waals surface area contributed by atoms with Crippen molar-refractivity contribution in [3.8, 4) is 0 Å². The summed E-state index contributed by atoms with van der Waals surface area (Å²) in [5.74, 6) is -1.19. The van der Waals surface area contributed by atoms with Gasteiger partial charge in [-0.05, 0) is 29.3 Å². The zero-order valence-corrected chi connectivity index (χ0v) is 23.7. The molecule has 2 aromatic carbocycles. The first-order chi connectivity index (χ1) is 17.6. The van der Waals surface area contributed by atoms with Gasteiger partial charge >= 0.3 is 15.6 Å². The Morgan fingerprint density at radius 1 is 0.974 bits per heavy atom. The van der Waals surface area contributed by atoms with Crippen molar-refractivity contribution in [2.24, 2.45) is 0 Å². The maximum atomic E-state index is 13.5. The molecule has 2 aliphatic rings. The molecule has 2 heterocycles. The summed E-state index contributed by atoms with van der Waals surface area (Å²) in [6, 6.07) is 18.9. The first-order valence-corrected chi connectivity index (χ1v) is 15.6. The van der Waals surface area contributed by atoms with E-state index in [4.69, 9.17) is 22.8 Å². The minimum Gasteiger partial charge on any atom is -0.405 e. The van der Waals surface area contributed by atoms with E-state index >= 15 is 0 Å². The standard InChI is InChI=1S/C26H33F3O7SSi/c1-24(2,3)38(18-12-8-6-9-13-18,19-14-10-7-11-15-19)33-17-21(36-37(30,31)26(27,28)29)23-22(20-16-32-20)34-25(4,5)35-23/h6-15,20-23H,16-17H2,1-5H3/t20-,21+,22+,23+/m0/s1. The molecule has 0 aliphatic carbocycles. The Kier molecular flexibility index (Phi) is 7.92. The third-order valence-corrected chi connectivity index (χ3v) is 12.7. The van der Waals surface area contributed by atoms with Gasteiger partial charge < -0.3 is 18.6 Å². The average molecular weight is 575 g/mol. The van der Waals surface area contributed by atoms with E-state index in [0.717, 1.165) is 10.4 Å². The summed E-state index contributed by atoms with van der Waals surface area (Å²) in [7, 11) is -9.21. The fraction of sp³-hybridized carbons (Fsp3) is 0.538. The van der Waals surface area contributed by atoms with Crippen molar-refractivity contribution < 1.29 is 44.4 Å². The van der Waals surface area contributed by atoms with Gasteiger partial charge in [0.1, 0.15) is 24.4 Å². The predicted octanol–water partition coefficient (Wildman–Crippen LogP) is 3.72. The summed E-state index contributed by atoms with van der Waals surface area (Å²) in [4.78, 5) is 0. The molecule has 2 aromatic rings. The van der Waals surface area contributed by atoms with Gasteiger partial charge in [-0.3, -0.25) is 4.18 Å². The molecular weight excluding hydrogens is 541 g/mol. The van der Waals surface area contributed by atoms with Crippen molar-refractivity contribution in [1.82, 2.24) is 0 Å². The lowest BCUT2D eigenvalue weighted by Crippen LogP contribution is -2.67. The first kappa shape index (κ1) is 29.2. The minimum absolute atomic E-state index is 0.314. The zero-order valence-electron chi connectivity index (χ0n) is 21.9. The monoisotopic (exact) mass is 574 g/mol. The number of hydrogen-bond donors (Lipinski definition) is 0. The van der Waals surface area contributed by atoms with Gasteiger partial charge in [-0.2, -0.15) is 21.6 Å². The summed E-state index contributed by atoms with van der Waals surface area (Å²) >= 11 is 0. The van der Waals surface area contributed by atoms with Crippen LogP contribution in [-0.4, -0.2) is 65.7 Å². The van der Waals surface area contributed by atoms with Crippen molar-refractivity contribution in [3.05, 3.63) is 60.7 Å². The van der Waals surface area contributed by atoms with E-state index in [1.165, 1.54) is 0 Å². The summed E-state index contributed by atoms with van der Waals surface area (Å²) in [5.41, 5.74) is -5.62. The molecule has 7 nitrogen and oxygen atoms in total. The largest absolute Gasteiger partial charge is 0.523 e. The number of ether oxygens (including phenoxy) is 3. The predicted molar refractivity (Wildman–Crippen MR) is 137 cm³/mol. The van der Waals surface area contributed by atoms with Crippen LogP contribution in [0.25, 0.3) is 0 Å². The minimum atomic E-state index is -5.97. The summed E-state index contributed by atoms with van der Waals surface area (Å²) < 4.78 is 93.5. The van der Waals surface area contributed by atoms with E-state index in [1.54, 1.807) is 13.8 Å². The van der Waals surface area contributed by atoms with Gasteiger partial charge in [-0.1, -0.05) is 81.4 Å². The molecule has 38 heavy (non-hydrogen) atoms. The molecule has 0 N–H and O–H groups in total. The summed E-state index contributed by atoms with van der Waals surface area (Å²) in [6.45, 7) is 9.02. The Labute approximate surface area is 222 Å². The van der Waals surface area contributed by atoms with Crippen LogP contribution in [0.4, 0.5) is 13.2 Å². The van der Waals surface area contributed by atoms with Gasteiger partial charge in [0.15, 0.2) is 5.79 Å². The maximum Gasteiger partial charge on any atom is 0.523 e. The molecule has 0 spiro atoms. The highest BCUT2D eigenvalue weighted by Crippen LogP contribution is 2.41. The van der Waals surface area contributed by atoms with E-state index in [-0.39, 0.29) is 0 Å². The number of halogens is 3. The van der Waals surface area contributed by atoms with Crippen LogP contribution in [0.15, 0.2) is 60.7 Å². The van der Waals surface area contributed by atoms with Gasteiger partial charge in [0.25, 0.3) is 8.32 Å². The molecule has 210 valence electrons. The van der Waals surface area contributed by atoms with E-state index in [1.807, 2.05) is 81.4 Å². The van der Waals surface area contributed by atoms with Crippen molar-refractivity contribution in [2.75, 3.05) is 13.2 Å². The third kappa shape index (κ3) is 5.86. The highest BCUT2D eigenvalue weighted by Gasteiger charge is 2.58. The second kappa shape index (κ2) is 10.3. The van der Waals surface area contributed by atoms with Crippen LogP contribution in [0.5, 0.6) is 0 Å². The number of alkyl halides is 3. The second-order valence-corrected chi connectivity index (χ2v) is 16.8. The zero-order chi connectivity index (χ0) is 28.0. The van der Waals surface area contributed by atoms with Crippen LogP contribution in [0, 0.1) is 0 Å². The maximum absolute atomic E-state index is 13.5. The molecule has 0 aromatic heterocycles. The molecule has 2 aliphatic heterocycles. The quantitative estimate of drug-likeness (QED) is 0.195. The van der Waals surface area contributed by atoms with Gasteiger partial charge in [-0.25, -0.2) is 0 Å². The fourth-order valence-corrected chi connectivity index (χ4v) is 10.2. The van der Waals surface area contributed by atoms with E-state index in [9.17, 15) is 21.6 Å². The Hall–Kier alpha value is -1.80. The highest BCUT2D eigenvalue weighted by molar-refractivity contribution is 7.87. The highest BCUT2D eigenvalue weighted by atomic mass is 32.2. The Morgan fingerprint density at radius 2 is 1.47 bits per heavy atom. The molecule has 0 unspecified atom stereocenters. The molecular formula is C26H33F3O7SSi. The van der Waals surface area contributed by atoms with Crippen molar-refractivity contribution in [3.63, 3.8) is 0 Å². The molecule has 12 heteroatoms. The first-order valence-electron chi connectivity index (χ1n) is 12.3. The van der Waals surface area contributed by atoms with Crippen molar-refractivity contribution in [1.29, 1.82) is 0 Å². The van der Waals surface area contributed by atoms with Gasteiger partial charge in [0.2, 0.25) is 0 Å². The number of hydrogen-bond acceptors (Lipinski definition) is 7. The molecule has 2 fully saturated rings. The second-order valence-electron chi connectivity index (χ2n) is 10.9. The van der Waals surface area contributed by atoms with Crippen LogP contribution >= 0.6 is 0 Å². The lowest BCUT2D eigenvalue weighted by atomic mass is 10.1. The Balaban J connectivity index is 1.78. The number of rotatable bonds is 9. The van der Waals surface area contributed by atoms with E-state index in [2.05, 4.69) is 0 Å². The molecule has 0 amide bonds. The topological polar surface area (TPSA) is 83.6 Å². The lowest BCUT2D eigenvalue weighted by Gasteiger charge is -2.44. The van der Waals surface area contributed by atoms with Crippen molar-refractivity contribution >= 4 is 28.8 Å². The van der Waals surface area contributed by atoms with Crippen LogP contribution in [0.1, 0.15) is 34.6 Å². The molecule has 2 saturated heterocycles. The molecule has 0 radical (unpaired) electrons. The van der Waals surface area contributed by atoms with E-state index in [0.29, 0.717) is 6.61 Å². The van der Waals surface area contributed by atoms with Crippen LogP contribution in [0.3, 0.4) is 0 Å². The van der Waals surface area contributed by atoms with Crippen LogP contribution < -0.4 is 10.4 Å². The number of benzene rings is 2. The smallest absolute Gasteiger partial charge is 0.405 e. The molecule has 0 bridgehead atoms. The fourth-order valence-electron chi connectivity index (χ4n) is 5.00. The molecule has 0 saturated carbocycles. The van der Waals surface area contributed by atoms with Gasteiger partial charge in [-0.15, -0.1) is 0 Å². The molecule has 4 rings (SSSR count). The summed E-state index contributed by atoms with van der Waals surface area (Å²) in [6.07, 6.45) is -4.12. The Bertz CT molecular complexity index is 1160. The van der Waals surface area contributed by atoms with Crippen LogP contribution in [-0.2, 0) is 32.9 Å². The molecule has 4 atom stereocenters. The summed E-state index contributed by atoms with van der Waals surface area (Å²) in [5, 5.41) is 1.25. The van der Waals surface area contributed by atoms with E-state index < -0.39 is 65.8 Å². The van der Waals surface area contributed by atoms with Gasteiger partial charge in [0.05, 0.1) is 13.2 Å². The average Bonchev–Trinajstić information content (AvgIpc) is 3.61. The van der Waals surface area contributed by atoms with Crippen molar-refractivity contribution in [2.45, 2.75) is 75.4 Å². The normalized spacial score (nSPS) is 24.8. The van der Waals surface area contributed by atoms with Gasteiger partial charge in [0, 0.05) is 0 Å².